The summed E-state index contributed by atoms with van der Waals surface area (Å²) in [6, 6.07) is 11.1. The number of benzene rings is 1. The molecule has 1 aromatic heterocycles. The van der Waals surface area contributed by atoms with Gasteiger partial charge in [0.2, 0.25) is 10.0 Å². The summed E-state index contributed by atoms with van der Waals surface area (Å²) in [7, 11) is -3.67. The maximum absolute atomic E-state index is 12.2. The lowest BCUT2D eigenvalue weighted by Crippen LogP contribution is -2.22. The SMILES string of the molecule is C[C@@H](C#N)OC(=O)/C=C/c1ccc(S(=O)(=O)NCc2ccco2)cc1. The monoisotopic (exact) mass is 360 g/mol. The van der Waals surface area contributed by atoms with Crippen molar-refractivity contribution in [2.45, 2.75) is 24.5 Å². The molecule has 1 heterocycles. The van der Waals surface area contributed by atoms with Gasteiger partial charge in [-0.1, -0.05) is 12.1 Å². The van der Waals surface area contributed by atoms with E-state index in [1.165, 1.54) is 37.5 Å². The number of ether oxygens (including phenoxy) is 1. The molecule has 2 rings (SSSR count). The van der Waals surface area contributed by atoms with Gasteiger partial charge in [0.25, 0.3) is 0 Å². The number of hydrogen-bond donors (Lipinski definition) is 1. The van der Waals surface area contributed by atoms with Gasteiger partial charge < -0.3 is 9.15 Å². The minimum atomic E-state index is -3.67. The molecule has 0 saturated carbocycles. The number of nitrogens with zero attached hydrogens (tertiary/aromatic N) is 1. The highest BCUT2D eigenvalue weighted by Gasteiger charge is 2.14. The molecule has 130 valence electrons. The lowest BCUT2D eigenvalue weighted by atomic mass is 10.2. The Balaban J connectivity index is 1.99. The van der Waals surface area contributed by atoms with E-state index in [9.17, 15) is 13.2 Å². The van der Waals surface area contributed by atoms with E-state index in [1.54, 1.807) is 30.3 Å². The predicted molar refractivity (Wildman–Crippen MR) is 89.4 cm³/mol. The molecule has 1 atom stereocenters. The van der Waals surface area contributed by atoms with E-state index in [0.717, 1.165) is 0 Å². The number of sulfonamides is 1. The van der Waals surface area contributed by atoms with Gasteiger partial charge in [-0.05, 0) is 42.8 Å². The number of furan rings is 1. The Morgan fingerprint density at radius 1 is 1.36 bits per heavy atom. The van der Waals surface area contributed by atoms with Crippen LogP contribution in [0.25, 0.3) is 6.08 Å². The first-order valence-corrected chi connectivity index (χ1v) is 8.79. The molecule has 7 nitrogen and oxygen atoms in total. The number of hydrogen-bond acceptors (Lipinski definition) is 6. The molecule has 2 aromatic rings. The second-order valence-corrected chi connectivity index (χ2v) is 6.78. The second-order valence-electron chi connectivity index (χ2n) is 5.01. The van der Waals surface area contributed by atoms with E-state index in [-0.39, 0.29) is 11.4 Å². The average molecular weight is 360 g/mol. The van der Waals surface area contributed by atoms with Crippen molar-refractivity contribution in [3.05, 3.63) is 60.1 Å². The summed E-state index contributed by atoms with van der Waals surface area (Å²) in [6.45, 7) is 1.51. The van der Waals surface area contributed by atoms with Gasteiger partial charge in [-0.15, -0.1) is 0 Å². The zero-order valence-electron chi connectivity index (χ0n) is 13.4. The molecule has 25 heavy (non-hydrogen) atoms. The van der Waals surface area contributed by atoms with E-state index in [1.807, 2.05) is 0 Å². The topological polar surface area (TPSA) is 109 Å². The number of rotatable bonds is 7. The molecule has 0 aliphatic heterocycles. The van der Waals surface area contributed by atoms with Crippen molar-refractivity contribution in [2.24, 2.45) is 0 Å². The lowest BCUT2D eigenvalue weighted by Gasteiger charge is -2.06. The third kappa shape index (κ3) is 5.60. The van der Waals surface area contributed by atoms with Gasteiger partial charge in [0, 0.05) is 6.08 Å². The van der Waals surface area contributed by atoms with Gasteiger partial charge in [0.15, 0.2) is 6.10 Å². The molecule has 0 aliphatic carbocycles. The summed E-state index contributed by atoms with van der Waals surface area (Å²) in [5.74, 6) is -0.140. The molecule has 0 amide bonds. The third-order valence-corrected chi connectivity index (χ3v) is 4.51. The molecule has 1 N–H and O–H groups in total. The maximum Gasteiger partial charge on any atom is 0.332 e. The largest absolute Gasteiger partial charge is 0.468 e. The van der Waals surface area contributed by atoms with E-state index in [4.69, 9.17) is 14.4 Å². The molecule has 0 saturated heterocycles. The van der Waals surface area contributed by atoms with Crippen molar-refractivity contribution < 1.29 is 22.4 Å². The summed E-state index contributed by atoms with van der Waals surface area (Å²) >= 11 is 0. The van der Waals surface area contributed by atoms with Crippen LogP contribution in [0.15, 0.2) is 58.1 Å². The molecule has 0 bridgehead atoms. The number of nitrogens with one attached hydrogen (secondary N) is 1. The maximum atomic E-state index is 12.2. The van der Waals surface area contributed by atoms with Crippen LogP contribution in [-0.4, -0.2) is 20.5 Å². The van der Waals surface area contributed by atoms with E-state index < -0.39 is 22.1 Å². The van der Waals surface area contributed by atoms with Gasteiger partial charge in [-0.2, -0.15) is 5.26 Å². The first-order chi connectivity index (χ1) is 11.9. The summed E-state index contributed by atoms with van der Waals surface area (Å²) in [6.07, 6.45) is 3.28. The summed E-state index contributed by atoms with van der Waals surface area (Å²) < 4.78 is 36.6. The van der Waals surface area contributed by atoms with Crippen LogP contribution in [0.1, 0.15) is 18.2 Å². The van der Waals surface area contributed by atoms with Crippen molar-refractivity contribution in [3.8, 4) is 6.07 Å². The number of carbonyl (C=O) groups excluding carboxylic acids is 1. The first-order valence-electron chi connectivity index (χ1n) is 7.31. The van der Waals surface area contributed by atoms with Gasteiger partial charge in [0.05, 0.1) is 17.7 Å². The molecule has 0 radical (unpaired) electrons. The fourth-order valence-electron chi connectivity index (χ4n) is 1.82. The predicted octanol–water partition coefficient (Wildman–Crippen LogP) is 2.23. The highest BCUT2D eigenvalue weighted by Crippen LogP contribution is 2.12. The number of nitriles is 1. The summed E-state index contributed by atoms with van der Waals surface area (Å²) in [4.78, 5) is 11.5. The van der Waals surface area contributed by atoms with Crippen molar-refractivity contribution in [3.63, 3.8) is 0 Å². The Hall–Kier alpha value is -2.89. The Morgan fingerprint density at radius 2 is 2.08 bits per heavy atom. The minimum Gasteiger partial charge on any atom is -0.468 e. The third-order valence-electron chi connectivity index (χ3n) is 3.09. The normalized spacial score (nSPS) is 12.6. The smallest absolute Gasteiger partial charge is 0.332 e. The van der Waals surface area contributed by atoms with E-state index >= 15 is 0 Å². The van der Waals surface area contributed by atoms with E-state index in [0.29, 0.717) is 11.3 Å². The molecule has 8 heteroatoms. The zero-order chi connectivity index (χ0) is 18.3. The van der Waals surface area contributed by atoms with Crippen LogP contribution in [0, 0.1) is 11.3 Å². The van der Waals surface area contributed by atoms with Crippen LogP contribution in [0.5, 0.6) is 0 Å². The van der Waals surface area contributed by atoms with Crippen LogP contribution in [0.4, 0.5) is 0 Å². The molecule has 0 spiro atoms. The van der Waals surface area contributed by atoms with Crippen LogP contribution in [0.2, 0.25) is 0 Å². The highest BCUT2D eigenvalue weighted by atomic mass is 32.2. The Kier molecular flexibility index (Phi) is 6.11. The summed E-state index contributed by atoms with van der Waals surface area (Å²) in [5, 5.41) is 8.56. The van der Waals surface area contributed by atoms with Crippen molar-refractivity contribution in [1.29, 1.82) is 5.26 Å². The first kappa shape index (κ1) is 18.4. The highest BCUT2D eigenvalue weighted by molar-refractivity contribution is 7.89. The molecular formula is C17H16N2O5S. The minimum absolute atomic E-state index is 0.0555. The van der Waals surface area contributed by atoms with Crippen LogP contribution in [-0.2, 0) is 26.1 Å². The Labute approximate surface area is 145 Å². The number of esters is 1. The van der Waals surface area contributed by atoms with Crippen LogP contribution in [0.3, 0.4) is 0 Å². The quantitative estimate of drug-likeness (QED) is 0.599. The van der Waals surface area contributed by atoms with Crippen LogP contribution < -0.4 is 4.72 Å². The van der Waals surface area contributed by atoms with Crippen molar-refractivity contribution in [1.82, 2.24) is 4.72 Å². The second kappa shape index (κ2) is 8.28. The van der Waals surface area contributed by atoms with Crippen LogP contribution >= 0.6 is 0 Å². The summed E-state index contributed by atoms with van der Waals surface area (Å²) in [5.41, 5.74) is 0.617. The Morgan fingerprint density at radius 3 is 2.68 bits per heavy atom. The Bertz CT molecular complexity index is 878. The van der Waals surface area contributed by atoms with Gasteiger partial charge in [-0.25, -0.2) is 17.9 Å². The number of carbonyl (C=O) groups is 1. The van der Waals surface area contributed by atoms with Crippen molar-refractivity contribution in [2.75, 3.05) is 0 Å². The fraction of sp³-hybridized carbons (Fsp3) is 0.176. The van der Waals surface area contributed by atoms with E-state index in [2.05, 4.69) is 4.72 Å². The zero-order valence-corrected chi connectivity index (χ0v) is 14.2. The fourth-order valence-corrected chi connectivity index (χ4v) is 2.82. The molecule has 1 aromatic carbocycles. The molecule has 0 fully saturated rings. The van der Waals surface area contributed by atoms with Gasteiger partial charge in [-0.3, -0.25) is 0 Å². The van der Waals surface area contributed by atoms with Crippen molar-refractivity contribution >= 4 is 22.1 Å². The molecule has 0 unspecified atom stereocenters. The molecule has 0 aliphatic rings. The van der Waals surface area contributed by atoms with Gasteiger partial charge in [0.1, 0.15) is 11.8 Å². The molecular weight excluding hydrogens is 344 g/mol. The lowest BCUT2D eigenvalue weighted by molar-refractivity contribution is -0.139. The standard InChI is InChI=1S/C17H16N2O5S/c1-13(11-18)24-17(20)9-6-14-4-7-16(8-5-14)25(21,22)19-12-15-3-2-10-23-15/h2-10,13,19H,12H2,1H3/b9-6+/t13-/m0/s1. The van der Waals surface area contributed by atoms with Gasteiger partial charge >= 0.3 is 5.97 Å². The average Bonchev–Trinajstić information content (AvgIpc) is 3.12.